The lowest BCUT2D eigenvalue weighted by atomic mass is 10.1. The number of anilines is 1. The Morgan fingerprint density at radius 2 is 1.96 bits per heavy atom. The normalized spacial score (nSPS) is 10.5. The lowest BCUT2D eigenvalue weighted by molar-refractivity contribution is 0.102. The molecule has 3 rings (SSSR count). The Kier molecular flexibility index (Phi) is 3.85. The van der Waals surface area contributed by atoms with Crippen LogP contribution in [0.25, 0.3) is 10.9 Å². The summed E-state index contributed by atoms with van der Waals surface area (Å²) in [6.45, 7) is 1.76. The molecule has 0 saturated carbocycles. The number of aryl methyl sites for hydroxylation is 1. The van der Waals surface area contributed by atoms with E-state index in [0.717, 1.165) is 5.39 Å². The van der Waals surface area contributed by atoms with E-state index in [4.69, 9.17) is 4.74 Å². The number of aromatic nitrogens is 1. The Hall–Kier alpha value is -3.08. The molecule has 0 bridgehead atoms. The van der Waals surface area contributed by atoms with Gasteiger partial charge in [0.15, 0.2) is 0 Å². The highest BCUT2D eigenvalue weighted by Gasteiger charge is 2.08. The number of nitrogens with one attached hydrogen (secondary N) is 2. The molecule has 0 aliphatic rings. The molecule has 1 aromatic heterocycles. The number of hydrogen-bond acceptors (Lipinski definition) is 3. The van der Waals surface area contributed by atoms with Gasteiger partial charge in [0.05, 0.1) is 12.6 Å². The molecule has 23 heavy (non-hydrogen) atoms. The fourth-order valence-corrected chi connectivity index (χ4v) is 2.36. The van der Waals surface area contributed by atoms with Crippen LogP contribution in [0.2, 0.25) is 0 Å². The van der Waals surface area contributed by atoms with Crippen LogP contribution in [0.5, 0.6) is 5.75 Å². The van der Waals surface area contributed by atoms with Gasteiger partial charge in [0, 0.05) is 16.8 Å². The molecule has 5 heteroatoms. The highest BCUT2D eigenvalue weighted by atomic mass is 16.5. The maximum absolute atomic E-state index is 12.3. The van der Waals surface area contributed by atoms with E-state index in [9.17, 15) is 9.59 Å². The van der Waals surface area contributed by atoms with Crippen LogP contribution < -0.4 is 15.6 Å². The fourth-order valence-electron chi connectivity index (χ4n) is 2.36. The molecule has 0 radical (unpaired) electrons. The summed E-state index contributed by atoms with van der Waals surface area (Å²) >= 11 is 0. The molecule has 1 heterocycles. The average Bonchev–Trinajstić information content (AvgIpc) is 2.56. The zero-order chi connectivity index (χ0) is 16.4. The van der Waals surface area contributed by atoms with Crippen LogP contribution >= 0.6 is 0 Å². The van der Waals surface area contributed by atoms with Crippen molar-refractivity contribution in [1.82, 2.24) is 4.98 Å². The minimum Gasteiger partial charge on any atom is -0.497 e. The van der Waals surface area contributed by atoms with Crippen LogP contribution in [-0.2, 0) is 0 Å². The molecule has 0 saturated heterocycles. The summed E-state index contributed by atoms with van der Waals surface area (Å²) in [6.07, 6.45) is 0. The van der Waals surface area contributed by atoms with Gasteiger partial charge in [-0.15, -0.1) is 0 Å². The Balaban J connectivity index is 1.90. The second-order valence-corrected chi connectivity index (χ2v) is 5.27. The number of methoxy groups -OCH3 is 1. The summed E-state index contributed by atoms with van der Waals surface area (Å²) in [6, 6.07) is 14.1. The maximum atomic E-state index is 12.3. The number of carbonyl (C=O) groups excluding carboxylic acids is 1. The van der Waals surface area contributed by atoms with Crippen molar-refractivity contribution in [3.63, 3.8) is 0 Å². The van der Waals surface area contributed by atoms with Crippen LogP contribution in [0.1, 0.15) is 15.9 Å². The quantitative estimate of drug-likeness (QED) is 0.781. The molecular formula is C18H16N2O3. The predicted octanol–water partition coefficient (Wildman–Crippen LogP) is 3.10. The second-order valence-electron chi connectivity index (χ2n) is 5.27. The molecule has 0 aliphatic carbocycles. The van der Waals surface area contributed by atoms with Crippen molar-refractivity contribution >= 4 is 22.5 Å². The van der Waals surface area contributed by atoms with Crippen molar-refractivity contribution in [3.05, 3.63) is 70.0 Å². The van der Waals surface area contributed by atoms with Crippen LogP contribution in [0.15, 0.2) is 53.3 Å². The third-order valence-corrected chi connectivity index (χ3v) is 3.62. The zero-order valence-corrected chi connectivity index (χ0v) is 12.8. The fraction of sp³-hybridized carbons (Fsp3) is 0.111. The molecule has 1 amide bonds. The molecule has 0 aliphatic heterocycles. The van der Waals surface area contributed by atoms with Gasteiger partial charge in [-0.05, 0) is 48.7 Å². The van der Waals surface area contributed by atoms with Gasteiger partial charge in [0.25, 0.3) is 11.5 Å². The number of rotatable bonds is 3. The van der Waals surface area contributed by atoms with Gasteiger partial charge in [-0.3, -0.25) is 9.59 Å². The van der Waals surface area contributed by atoms with E-state index < -0.39 is 0 Å². The summed E-state index contributed by atoms with van der Waals surface area (Å²) < 4.78 is 5.12. The van der Waals surface area contributed by atoms with Crippen molar-refractivity contribution < 1.29 is 9.53 Å². The van der Waals surface area contributed by atoms with Crippen molar-refractivity contribution in [2.45, 2.75) is 6.92 Å². The molecule has 2 aromatic carbocycles. The number of aromatic amines is 1. The number of amides is 1. The molecule has 116 valence electrons. The summed E-state index contributed by atoms with van der Waals surface area (Å²) in [5.41, 5.74) is 2.33. The first-order chi connectivity index (χ1) is 11.1. The maximum Gasteiger partial charge on any atom is 0.255 e. The first-order valence-electron chi connectivity index (χ1n) is 7.16. The van der Waals surface area contributed by atoms with E-state index in [0.29, 0.717) is 28.1 Å². The number of carbonyl (C=O) groups is 1. The van der Waals surface area contributed by atoms with Crippen molar-refractivity contribution in [2.24, 2.45) is 0 Å². The van der Waals surface area contributed by atoms with E-state index in [2.05, 4.69) is 10.3 Å². The van der Waals surface area contributed by atoms with Gasteiger partial charge in [0.1, 0.15) is 5.75 Å². The Morgan fingerprint density at radius 3 is 2.74 bits per heavy atom. The molecule has 2 N–H and O–H groups in total. The molecule has 0 atom stereocenters. The number of fused-ring (bicyclic) bond motifs is 1. The minimum absolute atomic E-state index is 0.131. The number of benzene rings is 2. The largest absolute Gasteiger partial charge is 0.497 e. The van der Waals surface area contributed by atoms with Gasteiger partial charge in [0.2, 0.25) is 0 Å². The smallest absolute Gasteiger partial charge is 0.255 e. The highest BCUT2D eigenvalue weighted by Crippen LogP contribution is 2.19. The first kappa shape index (κ1) is 14.8. The summed E-state index contributed by atoms with van der Waals surface area (Å²) in [5.74, 6) is 0.383. The molecule has 0 spiro atoms. The third kappa shape index (κ3) is 3.08. The topological polar surface area (TPSA) is 71.2 Å². The minimum atomic E-state index is -0.238. The third-order valence-electron chi connectivity index (χ3n) is 3.62. The lowest BCUT2D eigenvalue weighted by Gasteiger charge is -2.08. The van der Waals surface area contributed by atoms with Gasteiger partial charge in [-0.25, -0.2) is 0 Å². The van der Waals surface area contributed by atoms with Crippen molar-refractivity contribution in [2.75, 3.05) is 12.4 Å². The van der Waals surface area contributed by atoms with E-state index in [1.165, 1.54) is 0 Å². The van der Waals surface area contributed by atoms with Crippen LogP contribution in [0.3, 0.4) is 0 Å². The standard InChI is InChI=1S/C18H16N2O3/c1-11-8-12-6-7-14(10-16(12)20-17(11)21)19-18(22)13-4-3-5-15(9-13)23-2/h3-10H,1-2H3,(H,19,22)(H,20,21). The van der Waals surface area contributed by atoms with Gasteiger partial charge in [-0.1, -0.05) is 12.1 Å². The molecule has 3 aromatic rings. The number of pyridine rings is 1. The van der Waals surface area contributed by atoms with Crippen molar-refractivity contribution in [3.8, 4) is 5.75 Å². The van der Waals surface area contributed by atoms with Gasteiger partial charge in [-0.2, -0.15) is 0 Å². The summed E-state index contributed by atoms with van der Waals surface area (Å²) in [4.78, 5) is 26.8. The van der Waals surface area contributed by atoms with Crippen molar-refractivity contribution in [1.29, 1.82) is 0 Å². The zero-order valence-electron chi connectivity index (χ0n) is 12.8. The number of ether oxygens (including phenoxy) is 1. The van der Waals surface area contributed by atoms with Gasteiger partial charge >= 0.3 is 0 Å². The van der Waals surface area contributed by atoms with E-state index in [-0.39, 0.29) is 11.5 Å². The van der Waals surface area contributed by atoms with Gasteiger partial charge < -0.3 is 15.0 Å². The molecule has 0 unspecified atom stereocenters. The highest BCUT2D eigenvalue weighted by molar-refractivity contribution is 6.05. The van der Waals surface area contributed by atoms with E-state index in [1.807, 2.05) is 12.1 Å². The number of H-pyrrole nitrogens is 1. The van der Waals surface area contributed by atoms with E-state index in [1.54, 1.807) is 50.4 Å². The SMILES string of the molecule is COc1cccc(C(=O)Nc2ccc3cc(C)c(=O)[nH]c3c2)c1. The first-order valence-corrected chi connectivity index (χ1v) is 7.16. The second kappa shape index (κ2) is 5.96. The number of hydrogen-bond donors (Lipinski definition) is 2. The van der Waals surface area contributed by atoms with Crippen LogP contribution in [0, 0.1) is 6.92 Å². The Bertz CT molecular complexity index is 944. The molecule has 0 fully saturated rings. The Labute approximate surface area is 132 Å². The molecular weight excluding hydrogens is 292 g/mol. The average molecular weight is 308 g/mol. The van der Waals surface area contributed by atoms with E-state index >= 15 is 0 Å². The summed E-state index contributed by atoms with van der Waals surface area (Å²) in [7, 11) is 1.55. The predicted molar refractivity (Wildman–Crippen MR) is 90.3 cm³/mol. The van der Waals surface area contributed by atoms with Crippen LogP contribution in [0.4, 0.5) is 5.69 Å². The molecule has 5 nitrogen and oxygen atoms in total. The van der Waals surface area contributed by atoms with Crippen LogP contribution in [-0.4, -0.2) is 18.0 Å². The Morgan fingerprint density at radius 1 is 1.13 bits per heavy atom. The lowest BCUT2D eigenvalue weighted by Crippen LogP contribution is -2.12. The monoisotopic (exact) mass is 308 g/mol. The summed E-state index contributed by atoms with van der Waals surface area (Å²) in [5, 5.41) is 3.74.